The van der Waals surface area contributed by atoms with Crippen LogP contribution in [0.15, 0.2) is 29.2 Å². The van der Waals surface area contributed by atoms with Crippen LogP contribution in [0.25, 0.3) is 0 Å². The minimum absolute atomic E-state index is 0.217. The number of hydrogen-bond acceptors (Lipinski definition) is 3. The number of aliphatic carboxylic acids is 1. The SMILES string of the molecule is CSc1ccccc1NCCCC(=O)O. The number of carboxylic acids is 1. The van der Waals surface area contributed by atoms with E-state index in [1.165, 1.54) is 4.90 Å². The first-order valence-corrected chi connectivity index (χ1v) is 6.05. The molecule has 0 bridgehead atoms. The van der Waals surface area contributed by atoms with Gasteiger partial charge in [-0.3, -0.25) is 4.79 Å². The van der Waals surface area contributed by atoms with Crippen molar-refractivity contribution in [3.05, 3.63) is 24.3 Å². The minimum atomic E-state index is -0.741. The zero-order valence-corrected chi connectivity index (χ0v) is 9.51. The van der Waals surface area contributed by atoms with Gasteiger partial charge in [0.2, 0.25) is 0 Å². The molecule has 0 amide bonds. The lowest BCUT2D eigenvalue weighted by Gasteiger charge is -2.09. The maximum Gasteiger partial charge on any atom is 0.303 e. The number of benzene rings is 1. The molecule has 0 saturated carbocycles. The van der Waals surface area contributed by atoms with Gasteiger partial charge in [-0.15, -0.1) is 11.8 Å². The van der Waals surface area contributed by atoms with Crippen LogP contribution in [0, 0.1) is 0 Å². The van der Waals surface area contributed by atoms with Gasteiger partial charge in [0.15, 0.2) is 0 Å². The second kappa shape index (κ2) is 6.35. The van der Waals surface area contributed by atoms with E-state index in [1.807, 2.05) is 30.5 Å². The molecular formula is C11H15NO2S. The number of rotatable bonds is 6. The first-order valence-electron chi connectivity index (χ1n) is 4.82. The van der Waals surface area contributed by atoms with Crippen molar-refractivity contribution in [2.75, 3.05) is 18.1 Å². The number of anilines is 1. The number of para-hydroxylation sites is 1. The number of carboxylic acid groups (broad SMARTS) is 1. The fourth-order valence-electron chi connectivity index (χ4n) is 1.25. The van der Waals surface area contributed by atoms with Gasteiger partial charge in [0, 0.05) is 23.5 Å². The standard InChI is InChI=1S/C11H15NO2S/c1-15-10-6-3-2-5-9(10)12-8-4-7-11(13)14/h2-3,5-6,12H,4,7-8H2,1H3,(H,13,14). The van der Waals surface area contributed by atoms with Crippen molar-refractivity contribution in [2.45, 2.75) is 17.7 Å². The quantitative estimate of drug-likeness (QED) is 0.577. The van der Waals surface area contributed by atoms with Gasteiger partial charge < -0.3 is 10.4 Å². The third kappa shape index (κ3) is 4.25. The number of nitrogens with one attached hydrogen (secondary N) is 1. The molecule has 0 aliphatic rings. The predicted octanol–water partition coefficient (Wildman–Crippen LogP) is 2.69. The summed E-state index contributed by atoms with van der Waals surface area (Å²) in [5.74, 6) is -0.741. The van der Waals surface area contributed by atoms with E-state index in [1.54, 1.807) is 11.8 Å². The van der Waals surface area contributed by atoms with Crippen LogP contribution in [-0.2, 0) is 4.79 Å². The Hall–Kier alpha value is -1.16. The lowest BCUT2D eigenvalue weighted by atomic mass is 10.3. The molecule has 0 heterocycles. The molecule has 2 N–H and O–H groups in total. The molecule has 0 aromatic heterocycles. The van der Waals surface area contributed by atoms with Crippen LogP contribution >= 0.6 is 11.8 Å². The van der Waals surface area contributed by atoms with Crippen LogP contribution in [0.5, 0.6) is 0 Å². The Morgan fingerprint density at radius 2 is 2.20 bits per heavy atom. The van der Waals surface area contributed by atoms with Gasteiger partial charge in [0.25, 0.3) is 0 Å². The maximum absolute atomic E-state index is 10.3. The summed E-state index contributed by atoms with van der Waals surface area (Å²) in [4.78, 5) is 11.5. The molecule has 3 nitrogen and oxygen atoms in total. The van der Waals surface area contributed by atoms with E-state index < -0.39 is 5.97 Å². The van der Waals surface area contributed by atoms with Crippen LogP contribution in [0.2, 0.25) is 0 Å². The normalized spacial score (nSPS) is 9.93. The fraction of sp³-hybridized carbons (Fsp3) is 0.364. The van der Waals surface area contributed by atoms with E-state index in [2.05, 4.69) is 5.32 Å². The van der Waals surface area contributed by atoms with Gasteiger partial charge in [0.05, 0.1) is 0 Å². The van der Waals surface area contributed by atoms with Crippen molar-refractivity contribution in [3.8, 4) is 0 Å². The van der Waals surface area contributed by atoms with Crippen LogP contribution < -0.4 is 5.32 Å². The van der Waals surface area contributed by atoms with Crippen molar-refractivity contribution in [1.29, 1.82) is 0 Å². The topological polar surface area (TPSA) is 49.3 Å². The lowest BCUT2D eigenvalue weighted by molar-refractivity contribution is -0.137. The predicted molar refractivity (Wildman–Crippen MR) is 63.6 cm³/mol. The summed E-state index contributed by atoms with van der Waals surface area (Å²) in [6.45, 7) is 0.698. The zero-order chi connectivity index (χ0) is 11.1. The van der Waals surface area contributed by atoms with E-state index in [0.29, 0.717) is 13.0 Å². The van der Waals surface area contributed by atoms with E-state index in [-0.39, 0.29) is 6.42 Å². The van der Waals surface area contributed by atoms with Gasteiger partial charge in [-0.1, -0.05) is 12.1 Å². The molecule has 15 heavy (non-hydrogen) atoms. The van der Waals surface area contributed by atoms with E-state index in [4.69, 9.17) is 5.11 Å². The summed E-state index contributed by atoms with van der Waals surface area (Å²) in [6.07, 6.45) is 2.89. The molecule has 4 heteroatoms. The molecule has 0 aliphatic heterocycles. The maximum atomic E-state index is 10.3. The Kier molecular flexibility index (Phi) is 5.04. The van der Waals surface area contributed by atoms with Crippen molar-refractivity contribution in [1.82, 2.24) is 0 Å². The van der Waals surface area contributed by atoms with Crippen LogP contribution in [0.4, 0.5) is 5.69 Å². The average Bonchev–Trinajstić information content (AvgIpc) is 2.24. The fourth-order valence-corrected chi connectivity index (χ4v) is 1.83. The van der Waals surface area contributed by atoms with Gasteiger partial charge in [-0.25, -0.2) is 0 Å². The molecule has 0 unspecified atom stereocenters. The Bertz CT molecular complexity index is 328. The van der Waals surface area contributed by atoms with Crippen molar-refractivity contribution in [2.24, 2.45) is 0 Å². The van der Waals surface area contributed by atoms with E-state index >= 15 is 0 Å². The number of thioether (sulfide) groups is 1. The van der Waals surface area contributed by atoms with Crippen LogP contribution in [0.3, 0.4) is 0 Å². The highest BCUT2D eigenvalue weighted by atomic mass is 32.2. The monoisotopic (exact) mass is 225 g/mol. The molecule has 0 radical (unpaired) electrons. The molecule has 82 valence electrons. The summed E-state index contributed by atoms with van der Waals surface area (Å²) in [6, 6.07) is 8.02. The second-order valence-electron chi connectivity index (χ2n) is 3.12. The van der Waals surface area contributed by atoms with Gasteiger partial charge in [0.1, 0.15) is 0 Å². The smallest absolute Gasteiger partial charge is 0.303 e. The van der Waals surface area contributed by atoms with Gasteiger partial charge in [-0.05, 0) is 24.8 Å². The summed E-state index contributed by atoms with van der Waals surface area (Å²) >= 11 is 1.68. The van der Waals surface area contributed by atoms with E-state index in [9.17, 15) is 4.79 Å². The van der Waals surface area contributed by atoms with Crippen molar-refractivity contribution in [3.63, 3.8) is 0 Å². The molecule has 0 saturated heterocycles. The highest BCUT2D eigenvalue weighted by Gasteiger charge is 2.00. The average molecular weight is 225 g/mol. The minimum Gasteiger partial charge on any atom is -0.481 e. The van der Waals surface area contributed by atoms with Crippen molar-refractivity contribution >= 4 is 23.4 Å². The summed E-state index contributed by atoms with van der Waals surface area (Å²) in [5.41, 5.74) is 1.08. The Labute approximate surface area is 93.9 Å². The Morgan fingerprint density at radius 1 is 1.47 bits per heavy atom. The van der Waals surface area contributed by atoms with Crippen LogP contribution in [0.1, 0.15) is 12.8 Å². The van der Waals surface area contributed by atoms with Crippen LogP contribution in [-0.4, -0.2) is 23.9 Å². The molecule has 0 fully saturated rings. The highest BCUT2D eigenvalue weighted by molar-refractivity contribution is 7.98. The highest BCUT2D eigenvalue weighted by Crippen LogP contribution is 2.24. The molecule has 0 aliphatic carbocycles. The third-order valence-corrected chi connectivity index (χ3v) is 2.79. The van der Waals surface area contributed by atoms with Gasteiger partial charge >= 0.3 is 5.97 Å². The molecule has 1 aromatic rings. The third-order valence-electron chi connectivity index (χ3n) is 1.99. The summed E-state index contributed by atoms with van der Waals surface area (Å²) < 4.78 is 0. The van der Waals surface area contributed by atoms with Gasteiger partial charge in [-0.2, -0.15) is 0 Å². The lowest BCUT2D eigenvalue weighted by Crippen LogP contribution is -2.05. The molecular weight excluding hydrogens is 210 g/mol. The first-order chi connectivity index (χ1) is 7.24. The number of hydrogen-bond donors (Lipinski definition) is 2. The summed E-state index contributed by atoms with van der Waals surface area (Å²) in [5, 5.41) is 11.7. The van der Waals surface area contributed by atoms with E-state index in [0.717, 1.165) is 5.69 Å². The summed E-state index contributed by atoms with van der Waals surface area (Å²) in [7, 11) is 0. The molecule has 1 rings (SSSR count). The Morgan fingerprint density at radius 3 is 2.87 bits per heavy atom. The first kappa shape index (κ1) is 11.9. The second-order valence-corrected chi connectivity index (χ2v) is 3.97. The zero-order valence-electron chi connectivity index (χ0n) is 8.69. The largest absolute Gasteiger partial charge is 0.481 e. The molecule has 1 aromatic carbocycles. The molecule has 0 atom stereocenters. The number of carbonyl (C=O) groups is 1. The molecule has 0 spiro atoms. The van der Waals surface area contributed by atoms with Crippen molar-refractivity contribution < 1.29 is 9.90 Å². The Balaban J connectivity index is 2.39.